The van der Waals surface area contributed by atoms with Crippen molar-refractivity contribution in [3.8, 4) is 5.75 Å². The van der Waals surface area contributed by atoms with Crippen LogP contribution >= 0.6 is 0 Å². The highest BCUT2D eigenvalue weighted by molar-refractivity contribution is 6.05. The Labute approximate surface area is 206 Å². The quantitative estimate of drug-likeness (QED) is 0.228. The molecule has 0 spiro atoms. The fourth-order valence-corrected chi connectivity index (χ4v) is 4.39. The van der Waals surface area contributed by atoms with E-state index in [1.165, 1.54) is 11.3 Å². The van der Waals surface area contributed by atoms with Crippen molar-refractivity contribution in [3.05, 3.63) is 114 Å². The molecule has 4 heteroatoms. The first-order valence-corrected chi connectivity index (χ1v) is 11.6. The Morgan fingerprint density at radius 2 is 1.46 bits per heavy atom. The van der Waals surface area contributed by atoms with E-state index in [4.69, 9.17) is 9.47 Å². The Hall–Kier alpha value is -4.05. The number of aryl methyl sites for hydroxylation is 1. The summed E-state index contributed by atoms with van der Waals surface area (Å²) in [5.41, 5.74) is 4.53. The molecule has 4 nitrogen and oxygen atoms in total. The van der Waals surface area contributed by atoms with Crippen molar-refractivity contribution in [2.45, 2.75) is 33.9 Å². The van der Waals surface area contributed by atoms with Gasteiger partial charge in [0.15, 0.2) is 6.61 Å². The molecule has 0 amide bonds. The molecule has 0 saturated carbocycles. The number of aromatic nitrogens is 1. The zero-order valence-corrected chi connectivity index (χ0v) is 19.2. The summed E-state index contributed by atoms with van der Waals surface area (Å²) in [6, 6.07) is 32.7. The lowest BCUT2D eigenvalue weighted by Crippen LogP contribution is -2.15. The number of esters is 1. The van der Waals surface area contributed by atoms with Crippen LogP contribution in [0.5, 0.6) is 5.75 Å². The summed E-state index contributed by atoms with van der Waals surface area (Å²) in [6.07, 6.45) is 0.899. The topological polar surface area (TPSA) is 40.5 Å². The van der Waals surface area contributed by atoms with Gasteiger partial charge in [0.2, 0.25) is 0 Å². The van der Waals surface area contributed by atoms with Crippen molar-refractivity contribution in [3.63, 3.8) is 0 Å². The Morgan fingerprint density at radius 3 is 2.17 bits per heavy atom. The molecule has 0 aliphatic heterocycles. The van der Waals surface area contributed by atoms with Crippen molar-refractivity contribution in [2.75, 3.05) is 6.61 Å². The molecule has 0 N–H and O–H groups in total. The predicted octanol–water partition coefficient (Wildman–Crippen LogP) is 7.16. The van der Waals surface area contributed by atoms with E-state index in [1.807, 2.05) is 54.6 Å². The van der Waals surface area contributed by atoms with Crippen LogP contribution in [-0.4, -0.2) is 17.1 Å². The van der Waals surface area contributed by atoms with Crippen LogP contribution in [0.1, 0.15) is 31.2 Å². The molecule has 0 saturated heterocycles. The van der Waals surface area contributed by atoms with E-state index in [0.29, 0.717) is 0 Å². The summed E-state index contributed by atoms with van der Waals surface area (Å²) in [6.45, 7) is 3.05. The van der Waals surface area contributed by atoms with E-state index in [1.54, 1.807) is 0 Å². The number of rotatable bonds is 8. The standard InChI is InChI=1S/C30H27NO3.CH4/c1-2-25-18-27-28(31(25)19-22-11-5-3-6-12-22)17-24-15-9-10-16-26(24)30(27)34-21-29(32)33-20-23-13-7-4-8-14-23;/h3-18H,2,19-21H2,1H3;1H4. The number of nitrogens with zero attached hydrogens (tertiary/aromatic N) is 1. The Balaban J connectivity index is 0.00000289. The molecule has 1 aromatic heterocycles. The van der Waals surface area contributed by atoms with E-state index < -0.39 is 0 Å². The highest BCUT2D eigenvalue weighted by Gasteiger charge is 2.17. The van der Waals surface area contributed by atoms with Gasteiger partial charge in [0.05, 0.1) is 5.52 Å². The molecular formula is C31H31NO3. The first-order valence-electron chi connectivity index (χ1n) is 11.6. The van der Waals surface area contributed by atoms with Crippen molar-refractivity contribution in [1.29, 1.82) is 0 Å². The molecule has 0 atom stereocenters. The van der Waals surface area contributed by atoms with Crippen LogP contribution in [0.15, 0.2) is 97.1 Å². The van der Waals surface area contributed by atoms with Crippen LogP contribution in [0.3, 0.4) is 0 Å². The maximum Gasteiger partial charge on any atom is 0.344 e. The molecule has 5 rings (SSSR count). The summed E-state index contributed by atoms with van der Waals surface area (Å²) in [5, 5.41) is 3.09. The third kappa shape index (κ3) is 5.22. The lowest BCUT2D eigenvalue weighted by Gasteiger charge is -2.13. The van der Waals surface area contributed by atoms with Crippen LogP contribution in [0, 0.1) is 0 Å². The molecule has 0 aliphatic rings. The van der Waals surface area contributed by atoms with Gasteiger partial charge < -0.3 is 14.0 Å². The SMILES string of the molecule is C.CCc1cc2c(OCC(=O)OCc3ccccc3)c3ccccc3cc2n1Cc1ccccc1. The van der Waals surface area contributed by atoms with E-state index in [9.17, 15) is 4.79 Å². The van der Waals surface area contributed by atoms with Gasteiger partial charge in [-0.15, -0.1) is 0 Å². The van der Waals surface area contributed by atoms with Crippen LogP contribution in [-0.2, 0) is 29.1 Å². The number of ether oxygens (including phenoxy) is 2. The smallest absolute Gasteiger partial charge is 0.344 e. The zero-order valence-electron chi connectivity index (χ0n) is 19.2. The number of carbonyl (C=O) groups excluding carboxylic acids is 1. The summed E-state index contributed by atoms with van der Waals surface area (Å²) in [5.74, 6) is 0.343. The minimum atomic E-state index is -0.385. The van der Waals surface area contributed by atoms with E-state index in [2.05, 4.69) is 54.0 Å². The molecule has 0 fully saturated rings. The van der Waals surface area contributed by atoms with Crippen molar-refractivity contribution in [2.24, 2.45) is 0 Å². The Bertz CT molecular complexity index is 1420. The average molecular weight is 466 g/mol. The lowest BCUT2D eigenvalue weighted by molar-refractivity contribution is -0.147. The maximum atomic E-state index is 12.5. The van der Waals surface area contributed by atoms with Crippen molar-refractivity contribution >= 4 is 27.6 Å². The summed E-state index contributed by atoms with van der Waals surface area (Å²) >= 11 is 0. The zero-order chi connectivity index (χ0) is 23.3. The van der Waals surface area contributed by atoms with Gasteiger partial charge >= 0.3 is 5.97 Å². The van der Waals surface area contributed by atoms with Gasteiger partial charge in [0.25, 0.3) is 0 Å². The molecule has 0 aliphatic carbocycles. The fourth-order valence-electron chi connectivity index (χ4n) is 4.39. The Kier molecular flexibility index (Phi) is 7.51. The van der Waals surface area contributed by atoms with E-state index in [-0.39, 0.29) is 26.6 Å². The van der Waals surface area contributed by atoms with Crippen LogP contribution < -0.4 is 4.74 Å². The van der Waals surface area contributed by atoms with E-state index in [0.717, 1.165) is 46.0 Å². The van der Waals surface area contributed by atoms with Gasteiger partial charge in [-0.2, -0.15) is 0 Å². The number of carbonyl (C=O) groups is 1. The Morgan fingerprint density at radius 1 is 0.800 bits per heavy atom. The van der Waals surface area contributed by atoms with Gasteiger partial charge in [-0.05, 0) is 35.1 Å². The molecule has 0 radical (unpaired) electrons. The second-order valence-electron chi connectivity index (χ2n) is 8.36. The highest BCUT2D eigenvalue weighted by atomic mass is 16.6. The summed E-state index contributed by atoms with van der Waals surface area (Å²) < 4.78 is 13.9. The minimum absolute atomic E-state index is 0. The molecule has 0 unspecified atom stereocenters. The third-order valence-electron chi connectivity index (χ3n) is 6.09. The van der Waals surface area contributed by atoms with Crippen LogP contribution in [0.2, 0.25) is 0 Å². The van der Waals surface area contributed by atoms with Crippen molar-refractivity contribution < 1.29 is 14.3 Å². The maximum absolute atomic E-state index is 12.5. The molecule has 178 valence electrons. The predicted molar refractivity (Wildman–Crippen MR) is 143 cm³/mol. The highest BCUT2D eigenvalue weighted by Crippen LogP contribution is 2.37. The summed E-state index contributed by atoms with van der Waals surface area (Å²) in [7, 11) is 0. The van der Waals surface area contributed by atoms with Gasteiger partial charge in [0, 0.05) is 23.0 Å². The number of benzene rings is 4. The normalized spacial score (nSPS) is 10.8. The molecule has 35 heavy (non-hydrogen) atoms. The molecule has 5 aromatic rings. The lowest BCUT2D eigenvalue weighted by atomic mass is 10.1. The third-order valence-corrected chi connectivity index (χ3v) is 6.09. The van der Waals surface area contributed by atoms with Crippen LogP contribution in [0.25, 0.3) is 21.7 Å². The minimum Gasteiger partial charge on any atom is -0.481 e. The monoisotopic (exact) mass is 465 g/mol. The average Bonchev–Trinajstić information content (AvgIpc) is 3.23. The number of hydrogen-bond acceptors (Lipinski definition) is 3. The van der Waals surface area contributed by atoms with Crippen LogP contribution in [0.4, 0.5) is 0 Å². The first kappa shape index (κ1) is 24.1. The van der Waals surface area contributed by atoms with E-state index >= 15 is 0 Å². The molecular weight excluding hydrogens is 434 g/mol. The van der Waals surface area contributed by atoms with Gasteiger partial charge in [-0.3, -0.25) is 0 Å². The molecule has 0 bridgehead atoms. The fraction of sp³-hybridized carbons (Fsp3) is 0.194. The van der Waals surface area contributed by atoms with Crippen molar-refractivity contribution in [1.82, 2.24) is 4.57 Å². The second-order valence-corrected chi connectivity index (χ2v) is 8.36. The van der Waals surface area contributed by atoms with Gasteiger partial charge in [-0.25, -0.2) is 4.79 Å². The second kappa shape index (κ2) is 10.9. The first-order chi connectivity index (χ1) is 16.7. The largest absolute Gasteiger partial charge is 0.481 e. The molecule has 1 heterocycles. The molecule has 4 aromatic carbocycles. The number of hydrogen-bond donors (Lipinski definition) is 0. The summed E-state index contributed by atoms with van der Waals surface area (Å²) in [4.78, 5) is 12.5. The van der Waals surface area contributed by atoms with Gasteiger partial charge in [-0.1, -0.05) is 99.3 Å². The number of fused-ring (bicyclic) bond motifs is 2. The van der Waals surface area contributed by atoms with Gasteiger partial charge in [0.1, 0.15) is 12.4 Å².